The van der Waals surface area contributed by atoms with Crippen LogP contribution in [0.2, 0.25) is 0 Å². The molecule has 1 rings (SSSR count). The van der Waals surface area contributed by atoms with Crippen molar-refractivity contribution in [2.24, 2.45) is 5.92 Å². The van der Waals surface area contributed by atoms with Crippen LogP contribution in [0, 0.1) is 5.92 Å². The number of piperidine rings is 1. The number of likely N-dealkylation sites (tertiary alicyclic amines) is 1. The van der Waals surface area contributed by atoms with E-state index in [1.807, 2.05) is 0 Å². The molecule has 0 amide bonds. The Labute approximate surface area is 103 Å². The predicted molar refractivity (Wildman–Crippen MR) is 65.7 cm³/mol. The number of hydrogen-bond donors (Lipinski definition) is 2. The summed E-state index contributed by atoms with van der Waals surface area (Å²) in [6.45, 7) is 4.78. The number of rotatable bonds is 5. The van der Waals surface area contributed by atoms with Gasteiger partial charge in [0, 0.05) is 13.1 Å². The molecule has 100 valence electrons. The van der Waals surface area contributed by atoms with E-state index in [4.69, 9.17) is 0 Å². The second-order valence-corrected chi connectivity index (χ2v) is 5.17. The molecule has 2 atom stereocenters. The number of nitrogens with zero attached hydrogens (tertiary/aromatic N) is 1. The normalized spacial score (nSPS) is 25.3. The van der Waals surface area contributed by atoms with E-state index in [2.05, 4.69) is 22.0 Å². The van der Waals surface area contributed by atoms with Crippen LogP contribution in [0.25, 0.3) is 0 Å². The number of methoxy groups -OCH3 is 1. The molecule has 1 aliphatic heterocycles. The number of carbonyl (C=O) groups excluding carboxylic acids is 1. The minimum Gasteiger partial charge on any atom is -0.467 e. The topological polar surface area (TPSA) is 61.8 Å². The SMILES string of the molecule is COC(=O)C(C)(O)CNCC1CCCN(C)C1. The van der Waals surface area contributed by atoms with Crippen molar-refractivity contribution in [2.45, 2.75) is 25.4 Å². The quantitative estimate of drug-likeness (QED) is 0.658. The van der Waals surface area contributed by atoms with Crippen molar-refractivity contribution in [1.29, 1.82) is 0 Å². The van der Waals surface area contributed by atoms with Gasteiger partial charge in [-0.3, -0.25) is 0 Å². The molecule has 1 saturated heterocycles. The van der Waals surface area contributed by atoms with Gasteiger partial charge in [0.15, 0.2) is 5.60 Å². The summed E-state index contributed by atoms with van der Waals surface area (Å²) in [4.78, 5) is 13.6. The van der Waals surface area contributed by atoms with E-state index in [1.165, 1.54) is 26.9 Å². The molecule has 0 aromatic rings. The number of esters is 1. The maximum atomic E-state index is 11.2. The summed E-state index contributed by atoms with van der Waals surface area (Å²) in [7, 11) is 3.41. The molecular weight excluding hydrogens is 220 g/mol. The Morgan fingerprint density at radius 3 is 2.94 bits per heavy atom. The van der Waals surface area contributed by atoms with Crippen LogP contribution in [-0.2, 0) is 9.53 Å². The van der Waals surface area contributed by atoms with Gasteiger partial charge in [-0.25, -0.2) is 4.79 Å². The minimum atomic E-state index is -1.44. The molecule has 1 heterocycles. The Kier molecular flexibility index (Phi) is 5.36. The molecule has 1 fully saturated rings. The fourth-order valence-electron chi connectivity index (χ4n) is 2.25. The minimum absolute atomic E-state index is 0.236. The first-order valence-electron chi connectivity index (χ1n) is 6.16. The first kappa shape index (κ1) is 14.4. The molecule has 0 aliphatic carbocycles. The lowest BCUT2D eigenvalue weighted by atomic mass is 9.98. The highest BCUT2D eigenvalue weighted by molar-refractivity contribution is 5.78. The first-order chi connectivity index (χ1) is 7.95. The van der Waals surface area contributed by atoms with Gasteiger partial charge in [-0.05, 0) is 45.8 Å². The second kappa shape index (κ2) is 6.33. The smallest absolute Gasteiger partial charge is 0.338 e. The Morgan fingerprint density at radius 2 is 2.35 bits per heavy atom. The number of nitrogens with one attached hydrogen (secondary N) is 1. The monoisotopic (exact) mass is 244 g/mol. The van der Waals surface area contributed by atoms with Crippen LogP contribution in [0.1, 0.15) is 19.8 Å². The summed E-state index contributed by atoms with van der Waals surface area (Å²) in [5, 5.41) is 13.0. The van der Waals surface area contributed by atoms with Gasteiger partial charge >= 0.3 is 5.97 Å². The van der Waals surface area contributed by atoms with Crippen LogP contribution in [-0.4, -0.2) is 61.9 Å². The molecule has 0 aromatic carbocycles. The molecule has 2 unspecified atom stereocenters. The van der Waals surface area contributed by atoms with E-state index in [-0.39, 0.29) is 6.54 Å². The molecule has 0 saturated carbocycles. The van der Waals surface area contributed by atoms with E-state index in [9.17, 15) is 9.90 Å². The molecule has 0 aromatic heterocycles. The summed E-state index contributed by atoms with van der Waals surface area (Å²) >= 11 is 0. The molecule has 2 N–H and O–H groups in total. The van der Waals surface area contributed by atoms with E-state index in [1.54, 1.807) is 0 Å². The summed E-state index contributed by atoms with van der Waals surface area (Å²) in [6, 6.07) is 0. The van der Waals surface area contributed by atoms with Gasteiger partial charge in [0.1, 0.15) is 0 Å². The highest BCUT2D eigenvalue weighted by Gasteiger charge is 2.31. The number of aliphatic hydroxyl groups is 1. The molecule has 5 nitrogen and oxygen atoms in total. The van der Waals surface area contributed by atoms with Crippen molar-refractivity contribution >= 4 is 5.97 Å². The maximum Gasteiger partial charge on any atom is 0.338 e. The summed E-state index contributed by atoms with van der Waals surface area (Å²) in [6.07, 6.45) is 2.42. The number of ether oxygens (including phenoxy) is 1. The van der Waals surface area contributed by atoms with Crippen molar-refractivity contribution < 1.29 is 14.6 Å². The third-order valence-electron chi connectivity index (χ3n) is 3.25. The molecule has 5 heteroatoms. The van der Waals surface area contributed by atoms with Gasteiger partial charge in [-0.2, -0.15) is 0 Å². The maximum absolute atomic E-state index is 11.2. The van der Waals surface area contributed by atoms with E-state index in [0.717, 1.165) is 19.6 Å². The zero-order valence-corrected chi connectivity index (χ0v) is 11.0. The highest BCUT2D eigenvalue weighted by atomic mass is 16.5. The average Bonchev–Trinajstić information content (AvgIpc) is 2.27. The van der Waals surface area contributed by atoms with E-state index in [0.29, 0.717) is 5.92 Å². The second-order valence-electron chi connectivity index (χ2n) is 5.17. The van der Waals surface area contributed by atoms with Crippen molar-refractivity contribution in [3.05, 3.63) is 0 Å². The highest BCUT2D eigenvalue weighted by Crippen LogP contribution is 2.14. The van der Waals surface area contributed by atoms with E-state index >= 15 is 0 Å². The van der Waals surface area contributed by atoms with Gasteiger partial charge in [0.2, 0.25) is 0 Å². The zero-order chi connectivity index (χ0) is 12.9. The largest absolute Gasteiger partial charge is 0.467 e. The zero-order valence-electron chi connectivity index (χ0n) is 11.0. The molecule has 1 aliphatic rings. The first-order valence-corrected chi connectivity index (χ1v) is 6.16. The standard InChI is InChI=1S/C12H24N2O3/c1-12(16,11(15)17-3)9-13-7-10-5-4-6-14(2)8-10/h10,13,16H,4-9H2,1-3H3. The lowest BCUT2D eigenvalue weighted by Crippen LogP contribution is -2.47. The fraction of sp³-hybridized carbons (Fsp3) is 0.917. The number of carbonyl (C=O) groups is 1. The molecule has 0 bridgehead atoms. The van der Waals surface area contributed by atoms with Crippen LogP contribution in [0.4, 0.5) is 0 Å². The number of hydrogen-bond acceptors (Lipinski definition) is 5. The Balaban J connectivity index is 2.25. The van der Waals surface area contributed by atoms with Crippen LogP contribution >= 0.6 is 0 Å². The fourth-order valence-corrected chi connectivity index (χ4v) is 2.25. The molecule has 0 radical (unpaired) electrons. The van der Waals surface area contributed by atoms with Gasteiger partial charge in [0.05, 0.1) is 7.11 Å². The van der Waals surface area contributed by atoms with E-state index < -0.39 is 11.6 Å². The third-order valence-corrected chi connectivity index (χ3v) is 3.25. The van der Waals surface area contributed by atoms with Crippen LogP contribution < -0.4 is 5.32 Å². The van der Waals surface area contributed by atoms with Gasteiger partial charge in [-0.15, -0.1) is 0 Å². The predicted octanol–water partition coefficient (Wildman–Crippen LogP) is -0.158. The molecular formula is C12H24N2O3. The Morgan fingerprint density at radius 1 is 1.65 bits per heavy atom. The average molecular weight is 244 g/mol. The summed E-state index contributed by atoms with van der Waals surface area (Å²) < 4.78 is 4.54. The van der Waals surface area contributed by atoms with Gasteiger partial charge < -0.3 is 20.1 Å². The van der Waals surface area contributed by atoms with Crippen molar-refractivity contribution in [3.8, 4) is 0 Å². The molecule has 17 heavy (non-hydrogen) atoms. The Bertz CT molecular complexity index is 256. The van der Waals surface area contributed by atoms with Crippen molar-refractivity contribution in [3.63, 3.8) is 0 Å². The lowest BCUT2D eigenvalue weighted by molar-refractivity contribution is -0.159. The third kappa shape index (κ3) is 4.61. The van der Waals surface area contributed by atoms with Crippen molar-refractivity contribution in [1.82, 2.24) is 10.2 Å². The van der Waals surface area contributed by atoms with Crippen LogP contribution in [0.15, 0.2) is 0 Å². The summed E-state index contributed by atoms with van der Waals surface area (Å²) in [5.74, 6) is 0.00737. The lowest BCUT2D eigenvalue weighted by Gasteiger charge is -2.30. The van der Waals surface area contributed by atoms with Gasteiger partial charge in [0.25, 0.3) is 0 Å². The van der Waals surface area contributed by atoms with Gasteiger partial charge in [-0.1, -0.05) is 0 Å². The van der Waals surface area contributed by atoms with Crippen LogP contribution in [0.3, 0.4) is 0 Å². The Hall–Kier alpha value is -0.650. The van der Waals surface area contributed by atoms with Crippen LogP contribution in [0.5, 0.6) is 0 Å². The molecule has 0 spiro atoms. The summed E-state index contributed by atoms with van der Waals surface area (Å²) in [5.41, 5.74) is -1.44. The van der Waals surface area contributed by atoms with Crippen molar-refractivity contribution in [2.75, 3.05) is 40.3 Å².